The highest BCUT2D eigenvalue weighted by Crippen LogP contribution is 2.40. The summed E-state index contributed by atoms with van der Waals surface area (Å²) in [6, 6.07) is 29.5. The molecule has 0 aliphatic heterocycles. The second-order valence-corrected chi connectivity index (χ2v) is 8.10. The molecule has 0 radical (unpaired) electrons. The number of aromatic nitrogens is 2. The van der Waals surface area contributed by atoms with Crippen molar-refractivity contribution in [2.45, 2.75) is 0 Å². The van der Waals surface area contributed by atoms with E-state index in [1.165, 1.54) is 0 Å². The maximum absolute atomic E-state index is 6.19. The first kappa shape index (κ1) is 20.9. The van der Waals surface area contributed by atoms with Crippen molar-refractivity contribution in [3.05, 3.63) is 120 Å². The SMILES string of the molecule is Brc1c(Oc2cccc(-c3cccnc3)c2)cccc1Oc1cccc(-c2cccnc2)c1. The number of hydrogen-bond donors (Lipinski definition) is 0. The molecule has 0 atom stereocenters. The summed E-state index contributed by atoms with van der Waals surface area (Å²) in [6.45, 7) is 0. The first-order valence-electron chi connectivity index (χ1n) is 10.4. The lowest BCUT2D eigenvalue weighted by molar-refractivity contribution is 0.455. The van der Waals surface area contributed by atoms with Crippen LogP contribution in [0.25, 0.3) is 22.3 Å². The molecule has 33 heavy (non-hydrogen) atoms. The third-order valence-electron chi connectivity index (χ3n) is 5.04. The third-order valence-corrected chi connectivity index (χ3v) is 5.82. The predicted octanol–water partition coefficient (Wildman–Crippen LogP) is 8.16. The molecule has 4 nitrogen and oxygen atoms in total. The van der Waals surface area contributed by atoms with Crippen LogP contribution in [-0.2, 0) is 0 Å². The molecule has 2 heterocycles. The number of rotatable bonds is 6. The quantitative estimate of drug-likeness (QED) is 0.238. The minimum absolute atomic E-state index is 0.666. The van der Waals surface area contributed by atoms with Gasteiger partial charge < -0.3 is 9.47 Å². The number of halogens is 1. The van der Waals surface area contributed by atoms with Crippen LogP contribution in [0, 0.1) is 0 Å². The monoisotopic (exact) mass is 494 g/mol. The maximum atomic E-state index is 6.19. The Kier molecular flexibility index (Phi) is 6.13. The second kappa shape index (κ2) is 9.67. The van der Waals surface area contributed by atoms with Gasteiger partial charge in [0, 0.05) is 35.9 Å². The van der Waals surface area contributed by atoms with E-state index in [9.17, 15) is 0 Å². The van der Waals surface area contributed by atoms with Crippen LogP contribution in [0.3, 0.4) is 0 Å². The minimum atomic E-state index is 0.666. The van der Waals surface area contributed by atoms with Crippen molar-refractivity contribution >= 4 is 15.9 Å². The first-order chi connectivity index (χ1) is 16.3. The molecule has 5 aromatic rings. The summed E-state index contributed by atoms with van der Waals surface area (Å²) in [5.41, 5.74) is 4.15. The lowest BCUT2D eigenvalue weighted by Crippen LogP contribution is -1.91. The van der Waals surface area contributed by atoms with E-state index < -0.39 is 0 Å². The van der Waals surface area contributed by atoms with Gasteiger partial charge in [-0.3, -0.25) is 9.97 Å². The van der Waals surface area contributed by atoms with Crippen LogP contribution in [0.4, 0.5) is 0 Å². The molecule has 0 aliphatic carbocycles. The van der Waals surface area contributed by atoms with Crippen molar-refractivity contribution in [3.8, 4) is 45.3 Å². The first-order valence-corrected chi connectivity index (χ1v) is 11.2. The molecule has 0 fully saturated rings. The van der Waals surface area contributed by atoms with Crippen LogP contribution in [0.1, 0.15) is 0 Å². The average Bonchev–Trinajstić information content (AvgIpc) is 2.88. The largest absolute Gasteiger partial charge is 0.456 e. The maximum Gasteiger partial charge on any atom is 0.145 e. The van der Waals surface area contributed by atoms with Crippen LogP contribution in [-0.4, -0.2) is 9.97 Å². The molecule has 0 saturated carbocycles. The lowest BCUT2D eigenvalue weighted by atomic mass is 10.1. The predicted molar refractivity (Wildman–Crippen MR) is 134 cm³/mol. The Morgan fingerprint density at radius 3 is 1.42 bits per heavy atom. The fourth-order valence-electron chi connectivity index (χ4n) is 3.45. The zero-order valence-corrected chi connectivity index (χ0v) is 19.1. The molecule has 5 rings (SSSR count). The molecule has 3 aromatic carbocycles. The second-order valence-electron chi connectivity index (χ2n) is 7.31. The highest BCUT2D eigenvalue weighted by Gasteiger charge is 2.11. The Hall–Kier alpha value is -3.96. The zero-order chi connectivity index (χ0) is 22.5. The van der Waals surface area contributed by atoms with Crippen molar-refractivity contribution in [3.63, 3.8) is 0 Å². The summed E-state index contributed by atoms with van der Waals surface area (Å²) in [7, 11) is 0. The Morgan fingerprint density at radius 2 is 0.970 bits per heavy atom. The van der Waals surface area contributed by atoms with E-state index in [4.69, 9.17) is 9.47 Å². The third kappa shape index (κ3) is 4.94. The van der Waals surface area contributed by atoms with Crippen molar-refractivity contribution in [1.82, 2.24) is 9.97 Å². The molecule has 0 N–H and O–H groups in total. The van der Waals surface area contributed by atoms with E-state index in [1.54, 1.807) is 12.4 Å². The lowest BCUT2D eigenvalue weighted by Gasteiger charge is -2.13. The highest BCUT2D eigenvalue weighted by molar-refractivity contribution is 9.10. The summed E-state index contributed by atoms with van der Waals surface area (Å²) in [4.78, 5) is 8.39. The molecular weight excluding hydrogens is 476 g/mol. The molecule has 0 spiro atoms. The van der Waals surface area contributed by atoms with Gasteiger partial charge in [0.2, 0.25) is 0 Å². The number of pyridine rings is 2. The average molecular weight is 495 g/mol. The summed E-state index contributed by atoms with van der Waals surface area (Å²) < 4.78 is 13.1. The van der Waals surface area contributed by atoms with Gasteiger partial charge in [0.25, 0.3) is 0 Å². The fraction of sp³-hybridized carbons (Fsp3) is 0. The smallest absolute Gasteiger partial charge is 0.145 e. The molecule has 0 amide bonds. The fourth-order valence-corrected chi connectivity index (χ4v) is 3.87. The number of hydrogen-bond acceptors (Lipinski definition) is 4. The zero-order valence-electron chi connectivity index (χ0n) is 17.6. The van der Waals surface area contributed by atoms with Gasteiger partial charge >= 0.3 is 0 Å². The Bertz CT molecular complexity index is 1270. The van der Waals surface area contributed by atoms with Crippen LogP contribution in [0.15, 0.2) is 120 Å². The van der Waals surface area contributed by atoms with Crippen LogP contribution >= 0.6 is 15.9 Å². The van der Waals surface area contributed by atoms with E-state index in [0.717, 1.165) is 38.2 Å². The van der Waals surface area contributed by atoms with E-state index >= 15 is 0 Å². The van der Waals surface area contributed by atoms with Gasteiger partial charge in [-0.15, -0.1) is 0 Å². The normalized spacial score (nSPS) is 10.6. The van der Waals surface area contributed by atoms with Gasteiger partial charge in [-0.25, -0.2) is 0 Å². The van der Waals surface area contributed by atoms with Gasteiger partial charge in [0.05, 0.1) is 0 Å². The van der Waals surface area contributed by atoms with E-state index in [-0.39, 0.29) is 0 Å². The van der Waals surface area contributed by atoms with Crippen LogP contribution in [0.5, 0.6) is 23.0 Å². The molecule has 0 saturated heterocycles. The molecule has 5 heteroatoms. The number of benzene rings is 3. The topological polar surface area (TPSA) is 44.2 Å². The van der Waals surface area contributed by atoms with Gasteiger partial charge in [0.15, 0.2) is 0 Å². The molecule has 2 aromatic heterocycles. The number of nitrogens with zero attached hydrogens (tertiary/aromatic N) is 2. The molecule has 0 aliphatic rings. The van der Waals surface area contributed by atoms with Crippen molar-refractivity contribution in [1.29, 1.82) is 0 Å². The Morgan fingerprint density at radius 1 is 0.515 bits per heavy atom. The molecule has 0 unspecified atom stereocenters. The van der Waals surface area contributed by atoms with Crippen LogP contribution < -0.4 is 9.47 Å². The summed E-state index contributed by atoms with van der Waals surface area (Å²) >= 11 is 3.65. The van der Waals surface area contributed by atoms with E-state index in [0.29, 0.717) is 11.5 Å². The van der Waals surface area contributed by atoms with Gasteiger partial charge in [0.1, 0.15) is 27.5 Å². The molecular formula is C28H19BrN2O2. The van der Waals surface area contributed by atoms with Gasteiger partial charge in [-0.2, -0.15) is 0 Å². The van der Waals surface area contributed by atoms with E-state index in [1.807, 2.05) is 103 Å². The van der Waals surface area contributed by atoms with Gasteiger partial charge in [-0.05, 0) is 75.6 Å². The minimum Gasteiger partial charge on any atom is -0.456 e. The van der Waals surface area contributed by atoms with Crippen molar-refractivity contribution in [2.75, 3.05) is 0 Å². The van der Waals surface area contributed by atoms with E-state index in [2.05, 4.69) is 25.9 Å². The van der Waals surface area contributed by atoms with Crippen molar-refractivity contribution in [2.24, 2.45) is 0 Å². The standard InChI is InChI=1S/C28H19BrN2O2/c29-28-26(32-24-10-1-6-20(16-24)22-8-4-14-30-18-22)12-3-13-27(28)33-25-11-2-7-21(17-25)23-9-5-15-31-19-23/h1-19H. The highest BCUT2D eigenvalue weighted by atomic mass is 79.9. The molecule has 0 bridgehead atoms. The summed E-state index contributed by atoms with van der Waals surface area (Å²) in [6.07, 6.45) is 7.20. The Labute approximate surface area is 200 Å². The Balaban J connectivity index is 1.38. The number of ether oxygens (including phenoxy) is 2. The van der Waals surface area contributed by atoms with Crippen molar-refractivity contribution < 1.29 is 9.47 Å². The summed E-state index contributed by atoms with van der Waals surface area (Å²) in [5.74, 6) is 2.79. The van der Waals surface area contributed by atoms with Crippen LogP contribution in [0.2, 0.25) is 0 Å². The summed E-state index contributed by atoms with van der Waals surface area (Å²) in [5, 5.41) is 0. The molecule has 160 valence electrons. The van der Waals surface area contributed by atoms with Gasteiger partial charge in [-0.1, -0.05) is 42.5 Å².